The molecule has 0 aliphatic rings. The van der Waals surface area contributed by atoms with E-state index in [0.29, 0.717) is 6.04 Å². The Morgan fingerprint density at radius 1 is 1.06 bits per heavy atom. The van der Waals surface area contributed by atoms with Gasteiger partial charge in [0.15, 0.2) is 0 Å². The minimum absolute atomic E-state index is 0.323. The van der Waals surface area contributed by atoms with Gasteiger partial charge in [-0.3, -0.25) is 0 Å². The summed E-state index contributed by atoms with van der Waals surface area (Å²) in [6.45, 7) is 0. The minimum atomic E-state index is 0.323. The average Bonchev–Trinajstić information content (AvgIpc) is 2.70. The molecule has 0 aliphatic heterocycles. The average molecular weight is 454 g/mol. The molecule has 0 bridgehead atoms. The van der Waals surface area contributed by atoms with E-state index < -0.39 is 0 Å². The summed E-state index contributed by atoms with van der Waals surface area (Å²) < 4.78 is 3.35. The maximum absolute atomic E-state index is 3.54. The highest BCUT2D eigenvalue weighted by molar-refractivity contribution is 9.11. The first-order chi connectivity index (χ1) is 8.58. The zero-order chi connectivity index (χ0) is 13.1. The van der Waals surface area contributed by atoms with Crippen LogP contribution in [0, 0.1) is 0 Å². The van der Waals surface area contributed by atoms with E-state index in [1.165, 1.54) is 10.4 Å². The standard InChI is InChI=1S/C13H12Br3NS/c1-17-13(6-12-5-11(16)7-18-12)8-2-9(14)4-10(15)3-8/h2-5,7,13,17H,6H2,1H3. The summed E-state index contributed by atoms with van der Waals surface area (Å²) in [5, 5.41) is 5.50. The quantitative estimate of drug-likeness (QED) is 0.641. The van der Waals surface area contributed by atoms with E-state index in [1.807, 2.05) is 7.05 Å². The van der Waals surface area contributed by atoms with Gasteiger partial charge in [0.2, 0.25) is 0 Å². The molecular formula is C13H12Br3NS. The Bertz CT molecular complexity index is 519. The summed E-state index contributed by atoms with van der Waals surface area (Å²) in [6.07, 6.45) is 0.996. The molecule has 2 aromatic rings. The first-order valence-electron chi connectivity index (χ1n) is 5.44. The summed E-state index contributed by atoms with van der Waals surface area (Å²) in [5.74, 6) is 0. The fraction of sp³-hybridized carbons (Fsp3) is 0.231. The number of nitrogens with one attached hydrogen (secondary N) is 1. The molecule has 0 aliphatic carbocycles. The number of benzene rings is 1. The molecule has 1 aromatic carbocycles. The fourth-order valence-corrected chi connectivity index (χ4v) is 4.65. The van der Waals surface area contributed by atoms with Crippen molar-refractivity contribution in [3.8, 4) is 0 Å². The highest BCUT2D eigenvalue weighted by Gasteiger charge is 2.12. The van der Waals surface area contributed by atoms with Crippen molar-refractivity contribution in [1.29, 1.82) is 0 Å². The van der Waals surface area contributed by atoms with Gasteiger partial charge in [-0.1, -0.05) is 31.9 Å². The summed E-state index contributed by atoms with van der Waals surface area (Å²) in [6, 6.07) is 8.88. The lowest BCUT2D eigenvalue weighted by Gasteiger charge is -2.16. The maximum atomic E-state index is 3.54. The number of hydrogen-bond acceptors (Lipinski definition) is 2. The number of thiophene rings is 1. The van der Waals surface area contributed by atoms with Gasteiger partial charge in [0.05, 0.1) is 0 Å². The van der Waals surface area contributed by atoms with Crippen molar-refractivity contribution >= 4 is 59.1 Å². The molecule has 1 nitrogen and oxygen atoms in total. The van der Waals surface area contributed by atoms with Crippen LogP contribution in [-0.4, -0.2) is 7.05 Å². The van der Waals surface area contributed by atoms with Crippen LogP contribution in [0.3, 0.4) is 0 Å². The highest BCUT2D eigenvalue weighted by Crippen LogP contribution is 2.28. The predicted molar refractivity (Wildman–Crippen MR) is 89.4 cm³/mol. The number of likely N-dealkylation sites (N-methyl/N-ethyl adjacent to an activating group) is 1. The van der Waals surface area contributed by atoms with Gasteiger partial charge >= 0.3 is 0 Å². The van der Waals surface area contributed by atoms with E-state index in [0.717, 1.165) is 19.8 Å². The molecule has 0 fully saturated rings. The molecule has 1 atom stereocenters. The molecular weight excluding hydrogens is 442 g/mol. The van der Waals surface area contributed by atoms with Crippen molar-refractivity contribution < 1.29 is 0 Å². The minimum Gasteiger partial charge on any atom is -0.313 e. The van der Waals surface area contributed by atoms with Crippen LogP contribution in [0.15, 0.2) is 43.1 Å². The highest BCUT2D eigenvalue weighted by atomic mass is 79.9. The topological polar surface area (TPSA) is 12.0 Å². The van der Waals surface area contributed by atoms with Crippen LogP contribution in [0.4, 0.5) is 0 Å². The Labute approximate surface area is 136 Å². The van der Waals surface area contributed by atoms with E-state index in [-0.39, 0.29) is 0 Å². The monoisotopic (exact) mass is 451 g/mol. The van der Waals surface area contributed by atoms with Gasteiger partial charge in [0.1, 0.15) is 0 Å². The van der Waals surface area contributed by atoms with Crippen molar-refractivity contribution in [3.63, 3.8) is 0 Å². The second-order valence-electron chi connectivity index (χ2n) is 3.98. The van der Waals surface area contributed by atoms with Crippen molar-refractivity contribution in [2.24, 2.45) is 0 Å². The molecule has 1 N–H and O–H groups in total. The lowest BCUT2D eigenvalue weighted by atomic mass is 10.0. The zero-order valence-corrected chi connectivity index (χ0v) is 15.3. The largest absolute Gasteiger partial charge is 0.313 e. The molecule has 1 unspecified atom stereocenters. The van der Waals surface area contributed by atoms with Gasteiger partial charge < -0.3 is 5.32 Å². The van der Waals surface area contributed by atoms with E-state index in [9.17, 15) is 0 Å². The molecule has 0 amide bonds. The molecule has 0 saturated carbocycles. The molecule has 18 heavy (non-hydrogen) atoms. The van der Waals surface area contributed by atoms with E-state index in [1.54, 1.807) is 11.3 Å². The van der Waals surface area contributed by atoms with Crippen LogP contribution >= 0.6 is 59.1 Å². The molecule has 2 rings (SSSR count). The Hall–Kier alpha value is 0.320. The van der Waals surface area contributed by atoms with Crippen LogP contribution < -0.4 is 5.32 Å². The SMILES string of the molecule is CNC(Cc1cc(Br)cs1)c1cc(Br)cc(Br)c1. The molecule has 5 heteroatoms. The molecule has 1 heterocycles. The molecule has 1 aromatic heterocycles. The van der Waals surface area contributed by atoms with Gasteiger partial charge in [0, 0.05) is 36.1 Å². The summed E-state index contributed by atoms with van der Waals surface area (Å²) in [4.78, 5) is 1.37. The van der Waals surface area contributed by atoms with Gasteiger partial charge in [-0.25, -0.2) is 0 Å². The Morgan fingerprint density at radius 3 is 2.22 bits per heavy atom. The van der Waals surface area contributed by atoms with Crippen LogP contribution in [0.5, 0.6) is 0 Å². The summed E-state index contributed by atoms with van der Waals surface area (Å²) in [7, 11) is 2.00. The van der Waals surface area contributed by atoms with Crippen molar-refractivity contribution in [2.45, 2.75) is 12.5 Å². The molecule has 96 valence electrons. The Morgan fingerprint density at radius 2 is 1.72 bits per heavy atom. The molecule has 0 saturated heterocycles. The fourth-order valence-electron chi connectivity index (χ4n) is 1.82. The molecule has 0 spiro atoms. The third kappa shape index (κ3) is 3.90. The normalized spacial score (nSPS) is 12.7. The van der Waals surface area contributed by atoms with Crippen molar-refractivity contribution in [3.05, 3.63) is 53.5 Å². The van der Waals surface area contributed by atoms with Gasteiger partial charge in [-0.15, -0.1) is 11.3 Å². The number of rotatable bonds is 4. The number of halogens is 3. The Balaban J connectivity index is 2.22. The van der Waals surface area contributed by atoms with Gasteiger partial charge in [-0.2, -0.15) is 0 Å². The Kier molecular flexibility index (Phi) is 5.45. The van der Waals surface area contributed by atoms with Crippen LogP contribution in [-0.2, 0) is 6.42 Å². The first kappa shape index (κ1) is 14.7. The maximum Gasteiger partial charge on any atom is 0.0367 e. The van der Waals surface area contributed by atoms with Crippen LogP contribution in [0.25, 0.3) is 0 Å². The van der Waals surface area contributed by atoms with E-state index in [2.05, 4.69) is 82.8 Å². The first-order valence-corrected chi connectivity index (χ1v) is 8.70. The second kappa shape index (κ2) is 6.66. The van der Waals surface area contributed by atoms with Gasteiger partial charge in [0.25, 0.3) is 0 Å². The van der Waals surface area contributed by atoms with E-state index >= 15 is 0 Å². The lowest BCUT2D eigenvalue weighted by Crippen LogP contribution is -2.18. The van der Waals surface area contributed by atoms with Crippen LogP contribution in [0.1, 0.15) is 16.5 Å². The van der Waals surface area contributed by atoms with Crippen molar-refractivity contribution in [1.82, 2.24) is 5.32 Å². The van der Waals surface area contributed by atoms with Gasteiger partial charge in [-0.05, 0) is 52.8 Å². The summed E-state index contributed by atoms with van der Waals surface area (Å²) >= 11 is 12.4. The predicted octanol–water partition coefficient (Wildman–Crippen LogP) is 5.54. The zero-order valence-electron chi connectivity index (χ0n) is 9.71. The second-order valence-corrected chi connectivity index (χ2v) is 7.72. The smallest absolute Gasteiger partial charge is 0.0367 e. The van der Waals surface area contributed by atoms with Crippen molar-refractivity contribution in [2.75, 3.05) is 7.05 Å². The molecule has 0 radical (unpaired) electrons. The van der Waals surface area contributed by atoms with Crippen LogP contribution in [0.2, 0.25) is 0 Å². The number of hydrogen-bond donors (Lipinski definition) is 1. The summed E-state index contributed by atoms with van der Waals surface area (Å²) in [5.41, 5.74) is 1.28. The third-order valence-electron chi connectivity index (χ3n) is 2.66. The lowest BCUT2D eigenvalue weighted by molar-refractivity contribution is 0.596. The third-order valence-corrected chi connectivity index (χ3v) is 5.30. The van der Waals surface area contributed by atoms with E-state index in [4.69, 9.17) is 0 Å².